The number of hydrogen-bond donors (Lipinski definition) is 3. The second-order valence-corrected chi connectivity index (χ2v) is 5.39. The number of nitrogens with zero attached hydrogens (tertiary/aromatic N) is 2. The van der Waals surface area contributed by atoms with Crippen LogP contribution in [0.1, 0.15) is 25.3 Å². The molecule has 0 saturated carbocycles. The van der Waals surface area contributed by atoms with Gasteiger partial charge in [-0.1, -0.05) is 31.5 Å². The highest BCUT2D eigenvalue weighted by Crippen LogP contribution is 2.21. The zero-order chi connectivity index (χ0) is 14.7. The predicted octanol–water partition coefficient (Wildman–Crippen LogP) is 2.05. The Labute approximate surface area is 124 Å². The van der Waals surface area contributed by atoms with Gasteiger partial charge in [-0.25, -0.2) is 0 Å². The molecule has 0 amide bonds. The number of aliphatic hydroxyl groups excluding tert-OH is 1. The fourth-order valence-corrected chi connectivity index (χ4v) is 2.76. The Hall–Kier alpha value is -2.01. The average Bonchev–Trinajstić information content (AvgIpc) is 3.15. The molecule has 112 valence electrons. The van der Waals surface area contributed by atoms with E-state index >= 15 is 0 Å². The maximum Gasteiger partial charge on any atom is 0.196 e. The van der Waals surface area contributed by atoms with E-state index in [4.69, 9.17) is 0 Å². The minimum Gasteiger partial charge on any atom is -0.374 e. The lowest BCUT2D eigenvalue weighted by Crippen LogP contribution is -2.44. The van der Waals surface area contributed by atoms with E-state index in [0.717, 1.165) is 37.4 Å². The van der Waals surface area contributed by atoms with Gasteiger partial charge in [0, 0.05) is 23.6 Å². The van der Waals surface area contributed by atoms with Crippen LogP contribution in [0.5, 0.6) is 0 Å². The first-order valence-corrected chi connectivity index (χ1v) is 7.57. The molecule has 0 saturated heterocycles. The van der Waals surface area contributed by atoms with E-state index in [9.17, 15) is 5.11 Å². The molecule has 2 heterocycles. The van der Waals surface area contributed by atoms with Crippen molar-refractivity contribution in [3.8, 4) is 0 Å². The van der Waals surface area contributed by atoms with E-state index in [0.29, 0.717) is 6.54 Å². The molecular formula is C16H22N4O. The topological polar surface area (TPSA) is 63.6 Å². The monoisotopic (exact) mass is 286 g/mol. The van der Waals surface area contributed by atoms with E-state index in [1.165, 1.54) is 10.9 Å². The normalized spacial score (nSPS) is 15.8. The van der Waals surface area contributed by atoms with Crippen molar-refractivity contribution in [3.63, 3.8) is 0 Å². The molecule has 0 fully saturated rings. The van der Waals surface area contributed by atoms with Crippen molar-refractivity contribution >= 4 is 16.9 Å². The van der Waals surface area contributed by atoms with E-state index in [1.54, 1.807) is 0 Å². The molecule has 1 aromatic carbocycles. The van der Waals surface area contributed by atoms with Gasteiger partial charge >= 0.3 is 0 Å². The number of rotatable bonds is 5. The largest absolute Gasteiger partial charge is 0.374 e. The maximum atomic E-state index is 10.4. The van der Waals surface area contributed by atoms with E-state index in [1.807, 2.05) is 23.2 Å². The van der Waals surface area contributed by atoms with Crippen LogP contribution in [0.2, 0.25) is 0 Å². The highest BCUT2D eigenvalue weighted by Gasteiger charge is 2.22. The third kappa shape index (κ3) is 2.88. The van der Waals surface area contributed by atoms with E-state index in [-0.39, 0.29) is 0 Å². The Morgan fingerprint density at radius 2 is 2.24 bits per heavy atom. The summed E-state index contributed by atoms with van der Waals surface area (Å²) in [6.45, 7) is 4.35. The van der Waals surface area contributed by atoms with Crippen LogP contribution in [-0.4, -0.2) is 40.3 Å². The standard InChI is InChI=1S/C16H22N4O/c1-2-5-15(21)20(16-17-8-9-18-16)11-12-10-19-14-7-4-3-6-13(12)14/h3-4,6-7,10,15,19,21H,2,5,8-9,11H2,1H3,(H,17,18). The highest BCUT2D eigenvalue weighted by molar-refractivity contribution is 5.85. The van der Waals surface area contributed by atoms with Crippen LogP contribution in [0.25, 0.3) is 10.9 Å². The van der Waals surface area contributed by atoms with Gasteiger partial charge in [-0.05, 0) is 18.1 Å². The summed E-state index contributed by atoms with van der Waals surface area (Å²) >= 11 is 0. The number of fused-ring (bicyclic) bond motifs is 1. The zero-order valence-corrected chi connectivity index (χ0v) is 12.3. The molecule has 0 spiro atoms. The molecule has 1 aliphatic heterocycles. The van der Waals surface area contributed by atoms with Crippen LogP contribution < -0.4 is 5.32 Å². The first-order valence-electron chi connectivity index (χ1n) is 7.57. The predicted molar refractivity (Wildman–Crippen MR) is 85.1 cm³/mol. The smallest absolute Gasteiger partial charge is 0.196 e. The van der Waals surface area contributed by atoms with Gasteiger partial charge in [-0.2, -0.15) is 0 Å². The summed E-state index contributed by atoms with van der Waals surface area (Å²) in [5, 5.41) is 14.9. The van der Waals surface area contributed by atoms with Gasteiger partial charge in [-0.3, -0.25) is 4.99 Å². The molecule has 0 radical (unpaired) electrons. The lowest BCUT2D eigenvalue weighted by molar-refractivity contribution is 0.0389. The molecule has 5 nitrogen and oxygen atoms in total. The van der Waals surface area contributed by atoms with Crippen LogP contribution in [0.3, 0.4) is 0 Å². The molecule has 0 aliphatic carbocycles. The van der Waals surface area contributed by atoms with Crippen molar-refractivity contribution < 1.29 is 5.11 Å². The molecule has 3 N–H and O–H groups in total. The molecule has 1 aromatic heterocycles. The number of aliphatic hydroxyl groups is 1. The molecule has 0 bridgehead atoms. The van der Waals surface area contributed by atoms with Crippen molar-refractivity contribution in [1.29, 1.82) is 0 Å². The first kappa shape index (κ1) is 13.9. The molecule has 5 heteroatoms. The number of benzene rings is 1. The number of H-pyrrole nitrogens is 1. The Bertz CT molecular complexity index is 634. The highest BCUT2D eigenvalue weighted by atomic mass is 16.3. The van der Waals surface area contributed by atoms with Gasteiger partial charge < -0.3 is 20.3 Å². The number of hydrogen-bond acceptors (Lipinski definition) is 4. The van der Waals surface area contributed by atoms with Crippen molar-refractivity contribution in [1.82, 2.24) is 15.2 Å². The van der Waals surface area contributed by atoms with Crippen LogP contribution in [-0.2, 0) is 6.54 Å². The zero-order valence-electron chi connectivity index (χ0n) is 12.3. The lowest BCUT2D eigenvalue weighted by atomic mass is 10.1. The number of para-hydroxylation sites is 1. The van der Waals surface area contributed by atoms with Crippen molar-refractivity contribution in [2.75, 3.05) is 13.1 Å². The van der Waals surface area contributed by atoms with Gasteiger partial charge in [0.05, 0.1) is 13.1 Å². The summed E-state index contributed by atoms with van der Waals surface area (Å²) in [6.07, 6.45) is 3.20. The minimum atomic E-state index is -0.506. The van der Waals surface area contributed by atoms with Crippen LogP contribution >= 0.6 is 0 Å². The summed E-state index contributed by atoms with van der Waals surface area (Å²) in [5.41, 5.74) is 2.30. The molecule has 3 rings (SSSR count). The Morgan fingerprint density at radius 1 is 1.38 bits per heavy atom. The van der Waals surface area contributed by atoms with Crippen molar-refractivity contribution in [2.24, 2.45) is 4.99 Å². The average molecular weight is 286 g/mol. The van der Waals surface area contributed by atoms with E-state index in [2.05, 4.69) is 34.3 Å². The quantitative estimate of drug-likeness (QED) is 0.737. The van der Waals surface area contributed by atoms with Crippen LogP contribution in [0.4, 0.5) is 0 Å². The molecular weight excluding hydrogens is 264 g/mol. The fraction of sp³-hybridized carbons (Fsp3) is 0.438. The molecule has 21 heavy (non-hydrogen) atoms. The van der Waals surface area contributed by atoms with Gasteiger partial charge in [0.15, 0.2) is 5.96 Å². The van der Waals surface area contributed by atoms with Crippen LogP contribution in [0.15, 0.2) is 35.5 Å². The first-order chi connectivity index (χ1) is 10.3. The van der Waals surface area contributed by atoms with Gasteiger partial charge in [0.25, 0.3) is 0 Å². The molecule has 1 unspecified atom stereocenters. The Kier molecular flexibility index (Phi) is 4.10. The number of aromatic nitrogens is 1. The third-order valence-electron chi connectivity index (χ3n) is 3.85. The van der Waals surface area contributed by atoms with Crippen molar-refractivity contribution in [2.45, 2.75) is 32.5 Å². The number of guanidine groups is 1. The fourth-order valence-electron chi connectivity index (χ4n) is 2.76. The Morgan fingerprint density at radius 3 is 3.00 bits per heavy atom. The second kappa shape index (κ2) is 6.18. The van der Waals surface area contributed by atoms with Gasteiger partial charge in [0.1, 0.15) is 6.23 Å². The summed E-state index contributed by atoms with van der Waals surface area (Å²) in [4.78, 5) is 9.71. The second-order valence-electron chi connectivity index (χ2n) is 5.39. The summed E-state index contributed by atoms with van der Waals surface area (Å²) in [7, 11) is 0. The van der Waals surface area contributed by atoms with Gasteiger partial charge in [-0.15, -0.1) is 0 Å². The number of aliphatic imine (C=N–C) groups is 1. The van der Waals surface area contributed by atoms with Crippen molar-refractivity contribution in [3.05, 3.63) is 36.0 Å². The summed E-state index contributed by atoms with van der Waals surface area (Å²) < 4.78 is 0. The number of aromatic amines is 1. The van der Waals surface area contributed by atoms with Gasteiger partial charge in [0.2, 0.25) is 0 Å². The van der Waals surface area contributed by atoms with E-state index < -0.39 is 6.23 Å². The number of nitrogens with one attached hydrogen (secondary N) is 2. The Balaban J connectivity index is 1.86. The third-order valence-corrected chi connectivity index (χ3v) is 3.85. The lowest BCUT2D eigenvalue weighted by Gasteiger charge is -2.29. The maximum absolute atomic E-state index is 10.4. The molecule has 2 aromatic rings. The summed E-state index contributed by atoms with van der Waals surface area (Å²) in [5.74, 6) is 0.807. The summed E-state index contributed by atoms with van der Waals surface area (Å²) in [6, 6.07) is 8.24. The van der Waals surface area contributed by atoms with Crippen LogP contribution in [0, 0.1) is 0 Å². The molecule has 1 atom stereocenters. The minimum absolute atomic E-state index is 0.506. The SMILES string of the molecule is CCCC(O)N(Cc1c[nH]c2ccccc12)C1=NCCN1. The molecule has 1 aliphatic rings.